The van der Waals surface area contributed by atoms with E-state index in [1.54, 1.807) is 0 Å². The van der Waals surface area contributed by atoms with Crippen LogP contribution >= 0.6 is 0 Å². The van der Waals surface area contributed by atoms with E-state index in [1.807, 2.05) is 0 Å². The van der Waals surface area contributed by atoms with Crippen LogP contribution in [0.4, 0.5) is 0 Å². The summed E-state index contributed by atoms with van der Waals surface area (Å²) in [6, 6.07) is -0.832. The van der Waals surface area contributed by atoms with Crippen LogP contribution in [0.15, 0.2) is 0 Å². The first-order valence-corrected chi connectivity index (χ1v) is 5.53. The molecule has 3 N–H and O–H groups in total. The number of ether oxygens (including phenoxy) is 1. The number of carboxylic acids is 1. The fraction of sp³-hybridized carbons (Fsp3) is 0.818. The highest BCUT2D eigenvalue weighted by Gasteiger charge is 2.94. The van der Waals surface area contributed by atoms with Gasteiger partial charge in [0.15, 0.2) is 0 Å². The minimum absolute atomic E-state index is 0.134. The Hall–Kier alpha value is -1.10. The minimum Gasteiger partial charge on any atom is -0.480 e. The van der Waals surface area contributed by atoms with Gasteiger partial charge in [-0.25, -0.2) is 0 Å². The van der Waals surface area contributed by atoms with Gasteiger partial charge in [0.05, 0.1) is 12.5 Å². The van der Waals surface area contributed by atoms with E-state index in [0.29, 0.717) is 0 Å². The van der Waals surface area contributed by atoms with Crippen molar-refractivity contribution in [1.82, 2.24) is 0 Å². The molecule has 1 spiro atoms. The summed E-state index contributed by atoms with van der Waals surface area (Å²) in [4.78, 5) is 22.7. The molecular weight excluding hydrogens is 210 g/mol. The molecule has 5 nitrogen and oxygen atoms in total. The Morgan fingerprint density at radius 1 is 1.38 bits per heavy atom. The maximum atomic E-state index is 11.7. The van der Waals surface area contributed by atoms with Gasteiger partial charge < -0.3 is 15.6 Å². The van der Waals surface area contributed by atoms with Gasteiger partial charge in [-0.2, -0.15) is 0 Å². The normalized spacial score (nSPS) is 48.9. The summed E-state index contributed by atoms with van der Waals surface area (Å²) in [7, 11) is 1.39. The predicted molar refractivity (Wildman–Crippen MR) is 53.4 cm³/mol. The molecule has 0 radical (unpaired) electrons. The van der Waals surface area contributed by atoms with Crippen molar-refractivity contribution >= 4 is 11.9 Å². The predicted octanol–water partition coefficient (Wildman–Crippen LogP) is 0.132. The zero-order valence-electron chi connectivity index (χ0n) is 9.16. The number of esters is 1. The maximum Gasteiger partial charge on any atom is 0.321 e. The molecule has 0 aromatic carbocycles. The number of hydrogen-bond acceptors (Lipinski definition) is 4. The van der Waals surface area contributed by atoms with E-state index >= 15 is 0 Å². The van der Waals surface area contributed by atoms with E-state index in [2.05, 4.69) is 0 Å². The molecular formula is C11H15NO4. The Bertz CT molecular complexity index is 401. The van der Waals surface area contributed by atoms with E-state index in [9.17, 15) is 9.59 Å². The lowest BCUT2D eigenvalue weighted by molar-refractivity contribution is -0.148. The Morgan fingerprint density at radius 2 is 2.06 bits per heavy atom. The van der Waals surface area contributed by atoms with Crippen LogP contribution in [0.25, 0.3) is 0 Å². The summed E-state index contributed by atoms with van der Waals surface area (Å²) in [5.41, 5.74) is 4.90. The molecule has 3 saturated carbocycles. The van der Waals surface area contributed by atoms with Gasteiger partial charge in [0.2, 0.25) is 0 Å². The second-order valence-electron chi connectivity index (χ2n) is 5.48. The van der Waals surface area contributed by atoms with Crippen molar-refractivity contribution in [3.8, 4) is 0 Å². The van der Waals surface area contributed by atoms with Crippen molar-refractivity contribution in [1.29, 1.82) is 0 Å². The number of nitrogens with two attached hydrogens (primary N) is 1. The number of carbonyl (C=O) groups excluding carboxylic acids is 1. The molecule has 3 aliphatic carbocycles. The van der Waals surface area contributed by atoms with Gasteiger partial charge >= 0.3 is 11.9 Å². The standard InChI is InChI=1S/C11H15NO4/c1-16-8(15)10-3-2-9(6(12)7(13)14)4-11(9,10)5-10/h6H,2-5,12H2,1H3,(H,13,14)/t6?,9?,10-,11?/m0/s1. The molecule has 0 bridgehead atoms. The molecule has 0 aliphatic heterocycles. The highest BCUT2D eigenvalue weighted by molar-refractivity contribution is 5.87. The number of rotatable bonds is 3. The van der Waals surface area contributed by atoms with Crippen LogP contribution in [-0.4, -0.2) is 30.2 Å². The zero-order valence-corrected chi connectivity index (χ0v) is 9.16. The van der Waals surface area contributed by atoms with Crippen LogP contribution in [0.5, 0.6) is 0 Å². The average Bonchev–Trinajstić information content (AvgIpc) is 3.11. The first-order chi connectivity index (χ1) is 7.46. The van der Waals surface area contributed by atoms with Gasteiger partial charge in [0, 0.05) is 5.41 Å². The number of carboxylic acid groups (broad SMARTS) is 1. The monoisotopic (exact) mass is 225 g/mol. The fourth-order valence-corrected chi connectivity index (χ4v) is 4.31. The first-order valence-electron chi connectivity index (χ1n) is 5.53. The SMILES string of the molecule is COC(=O)[C@@]12CCC3(C(N)C(=O)O)CC31C2. The molecule has 5 heteroatoms. The van der Waals surface area contributed by atoms with Crippen LogP contribution in [-0.2, 0) is 14.3 Å². The molecule has 0 amide bonds. The van der Waals surface area contributed by atoms with E-state index in [4.69, 9.17) is 15.6 Å². The molecule has 0 heterocycles. The van der Waals surface area contributed by atoms with Gasteiger partial charge in [0.1, 0.15) is 6.04 Å². The van der Waals surface area contributed by atoms with E-state index in [1.165, 1.54) is 7.11 Å². The second kappa shape index (κ2) is 2.42. The van der Waals surface area contributed by atoms with Crippen molar-refractivity contribution in [2.24, 2.45) is 22.0 Å². The summed E-state index contributed by atoms with van der Waals surface area (Å²) in [6.45, 7) is 0. The molecule has 0 aromatic rings. The van der Waals surface area contributed by atoms with Crippen molar-refractivity contribution in [3.05, 3.63) is 0 Å². The van der Waals surface area contributed by atoms with Crippen LogP contribution in [0.2, 0.25) is 0 Å². The van der Waals surface area contributed by atoms with Crippen LogP contribution in [0.3, 0.4) is 0 Å². The Balaban J connectivity index is 1.89. The lowest BCUT2D eigenvalue weighted by Gasteiger charge is -2.18. The Labute approximate surface area is 92.9 Å². The second-order valence-corrected chi connectivity index (χ2v) is 5.48. The minimum atomic E-state index is -0.954. The molecule has 3 rings (SSSR count). The van der Waals surface area contributed by atoms with E-state index < -0.39 is 17.4 Å². The van der Waals surface area contributed by atoms with Gasteiger partial charge in [-0.05, 0) is 31.1 Å². The molecule has 3 aliphatic rings. The first kappa shape index (κ1) is 10.1. The van der Waals surface area contributed by atoms with Crippen molar-refractivity contribution < 1.29 is 19.4 Å². The Kier molecular flexibility index (Phi) is 1.53. The largest absolute Gasteiger partial charge is 0.480 e. The highest BCUT2D eigenvalue weighted by atomic mass is 16.5. The number of methoxy groups -OCH3 is 1. The smallest absolute Gasteiger partial charge is 0.321 e. The van der Waals surface area contributed by atoms with Crippen LogP contribution < -0.4 is 5.73 Å². The van der Waals surface area contributed by atoms with Crippen molar-refractivity contribution in [2.75, 3.05) is 7.11 Å². The van der Waals surface area contributed by atoms with Gasteiger partial charge in [-0.1, -0.05) is 0 Å². The molecule has 16 heavy (non-hydrogen) atoms. The molecule has 0 aromatic heterocycles. The lowest BCUT2D eigenvalue weighted by Crippen LogP contribution is -2.40. The topological polar surface area (TPSA) is 89.6 Å². The summed E-state index contributed by atoms with van der Waals surface area (Å²) in [5.74, 6) is -1.13. The number of aliphatic carboxylic acids is 1. The van der Waals surface area contributed by atoms with Gasteiger partial charge in [-0.3, -0.25) is 9.59 Å². The third-order valence-corrected chi connectivity index (χ3v) is 5.28. The summed E-state index contributed by atoms with van der Waals surface area (Å²) >= 11 is 0. The van der Waals surface area contributed by atoms with Gasteiger partial charge in [-0.15, -0.1) is 0 Å². The summed E-state index contributed by atoms with van der Waals surface area (Å²) in [6.07, 6.45) is 3.03. The van der Waals surface area contributed by atoms with Crippen molar-refractivity contribution in [2.45, 2.75) is 31.7 Å². The van der Waals surface area contributed by atoms with E-state index in [-0.39, 0.29) is 16.8 Å². The number of hydrogen-bond donors (Lipinski definition) is 2. The van der Waals surface area contributed by atoms with Crippen molar-refractivity contribution in [3.63, 3.8) is 0 Å². The summed E-state index contributed by atoms with van der Waals surface area (Å²) < 4.78 is 4.83. The zero-order chi connectivity index (χ0) is 11.8. The quantitative estimate of drug-likeness (QED) is 0.666. The molecule has 88 valence electrons. The van der Waals surface area contributed by atoms with Gasteiger partial charge in [0.25, 0.3) is 0 Å². The molecule has 4 atom stereocenters. The molecule has 0 saturated heterocycles. The fourth-order valence-electron chi connectivity index (χ4n) is 4.31. The third kappa shape index (κ3) is 0.734. The maximum absolute atomic E-state index is 11.7. The molecule has 3 fully saturated rings. The Morgan fingerprint density at radius 3 is 2.50 bits per heavy atom. The van der Waals surface area contributed by atoms with Crippen LogP contribution in [0.1, 0.15) is 25.7 Å². The lowest BCUT2D eigenvalue weighted by atomic mass is 9.91. The highest BCUT2D eigenvalue weighted by Crippen LogP contribution is 2.95. The average molecular weight is 225 g/mol. The van der Waals surface area contributed by atoms with E-state index in [0.717, 1.165) is 25.7 Å². The molecule has 3 unspecified atom stereocenters. The third-order valence-electron chi connectivity index (χ3n) is 5.28. The summed E-state index contributed by atoms with van der Waals surface area (Å²) in [5, 5.41) is 9.01. The van der Waals surface area contributed by atoms with Crippen LogP contribution in [0, 0.1) is 16.2 Å². The number of carbonyl (C=O) groups is 2.